The minimum atomic E-state index is -0.151. The van der Waals surface area contributed by atoms with Gasteiger partial charge in [0, 0.05) is 23.5 Å². The largest absolute Gasteiger partial charge is 0.513 e. The molecule has 1 aromatic carbocycles. The first-order chi connectivity index (χ1) is 10.6. The Kier molecular flexibility index (Phi) is 3.65. The molecule has 0 atom stereocenters. The van der Waals surface area contributed by atoms with Gasteiger partial charge in [0.1, 0.15) is 11.9 Å². The average Bonchev–Trinajstić information content (AvgIpc) is 2.93. The number of aromatic amines is 1. The van der Waals surface area contributed by atoms with E-state index in [0.717, 1.165) is 11.6 Å². The number of hydrogen-bond donors (Lipinski definition) is 3. The lowest BCUT2D eigenvalue weighted by atomic mass is 10.2. The van der Waals surface area contributed by atoms with E-state index in [0.29, 0.717) is 27.7 Å². The molecular formula is C16H14ClN3O2. The maximum Gasteiger partial charge on any atom is 0.256 e. The summed E-state index contributed by atoms with van der Waals surface area (Å²) in [5.41, 5.74) is 2.44. The molecule has 3 aromatic rings. The summed E-state index contributed by atoms with van der Waals surface area (Å²) in [4.78, 5) is 15.4. The van der Waals surface area contributed by atoms with E-state index in [1.54, 1.807) is 41.9 Å². The molecule has 5 nitrogen and oxygen atoms in total. The van der Waals surface area contributed by atoms with E-state index < -0.39 is 0 Å². The van der Waals surface area contributed by atoms with Crippen LogP contribution in [0, 0.1) is 0 Å². The van der Waals surface area contributed by atoms with E-state index >= 15 is 0 Å². The van der Waals surface area contributed by atoms with E-state index in [-0.39, 0.29) is 5.56 Å². The van der Waals surface area contributed by atoms with E-state index in [1.165, 1.54) is 6.07 Å². The molecule has 0 aliphatic heterocycles. The Morgan fingerprint density at radius 3 is 2.64 bits per heavy atom. The summed E-state index contributed by atoms with van der Waals surface area (Å²) in [6.45, 7) is 0. The molecule has 112 valence electrons. The first-order valence-corrected chi connectivity index (χ1v) is 7.05. The maximum atomic E-state index is 12.3. The second kappa shape index (κ2) is 5.61. The Bertz CT molecular complexity index is 907. The van der Waals surface area contributed by atoms with Crippen LogP contribution in [0.25, 0.3) is 22.4 Å². The minimum Gasteiger partial charge on any atom is -0.513 e. The highest BCUT2D eigenvalue weighted by Crippen LogP contribution is 2.21. The van der Waals surface area contributed by atoms with Gasteiger partial charge in [-0.05, 0) is 36.4 Å². The number of fused-ring (bicyclic) bond motifs is 1. The van der Waals surface area contributed by atoms with Gasteiger partial charge in [-0.2, -0.15) is 0 Å². The molecule has 0 radical (unpaired) electrons. The fourth-order valence-electron chi connectivity index (χ4n) is 2.38. The van der Waals surface area contributed by atoms with Gasteiger partial charge in [-0.25, -0.2) is 0 Å². The summed E-state index contributed by atoms with van der Waals surface area (Å²) in [6.07, 6.45) is 0.982. The molecule has 3 rings (SSSR count). The second-order valence-electron chi connectivity index (χ2n) is 4.76. The molecular weight excluding hydrogens is 302 g/mol. The molecule has 0 saturated carbocycles. The molecule has 0 amide bonds. The Morgan fingerprint density at radius 1 is 1.27 bits per heavy atom. The van der Waals surface area contributed by atoms with Gasteiger partial charge in [-0.1, -0.05) is 11.6 Å². The van der Waals surface area contributed by atoms with Gasteiger partial charge in [0.05, 0.1) is 17.1 Å². The predicted octanol–water partition coefficient (Wildman–Crippen LogP) is 3.05. The van der Waals surface area contributed by atoms with Gasteiger partial charge in [0.25, 0.3) is 5.56 Å². The summed E-state index contributed by atoms with van der Waals surface area (Å²) < 4.78 is 1.57. The number of nitrogens with one attached hydrogen (secondary N) is 2. The number of aliphatic hydroxyl groups excluding tert-OH is 1. The van der Waals surface area contributed by atoms with Crippen molar-refractivity contribution in [3.63, 3.8) is 0 Å². The molecule has 2 aromatic heterocycles. The van der Waals surface area contributed by atoms with Crippen molar-refractivity contribution in [3.05, 3.63) is 69.8 Å². The van der Waals surface area contributed by atoms with Crippen LogP contribution in [-0.4, -0.2) is 21.7 Å². The third kappa shape index (κ3) is 2.35. The number of pyridine rings is 1. The summed E-state index contributed by atoms with van der Waals surface area (Å²) in [7, 11) is 1.71. The van der Waals surface area contributed by atoms with Crippen molar-refractivity contribution >= 4 is 28.3 Å². The van der Waals surface area contributed by atoms with Crippen LogP contribution in [0.3, 0.4) is 0 Å². The van der Waals surface area contributed by atoms with Gasteiger partial charge in [-0.15, -0.1) is 0 Å². The molecule has 0 aliphatic rings. The van der Waals surface area contributed by atoms with E-state index in [2.05, 4.69) is 10.3 Å². The number of halogens is 1. The van der Waals surface area contributed by atoms with Crippen molar-refractivity contribution in [2.75, 3.05) is 7.05 Å². The lowest BCUT2D eigenvalue weighted by Crippen LogP contribution is -2.17. The molecule has 6 heteroatoms. The fraction of sp³-hybridized carbons (Fsp3) is 0.0625. The normalized spacial score (nSPS) is 11.8. The standard InChI is InChI=1S/C16H14ClN3O2/c1-18-14(9-21)13-8-10-2-7-15(22)20(16(10)19-13)12-5-3-11(17)4-6-12/h2-9,18-19,21H,1H3/b14-9-. The summed E-state index contributed by atoms with van der Waals surface area (Å²) in [5, 5.41) is 13.6. The van der Waals surface area contributed by atoms with Gasteiger partial charge < -0.3 is 15.4 Å². The zero-order chi connectivity index (χ0) is 15.7. The average molecular weight is 316 g/mol. The first-order valence-electron chi connectivity index (χ1n) is 6.67. The molecule has 22 heavy (non-hydrogen) atoms. The SMILES string of the molecule is CN/C(=C\O)c1cc2ccc(=O)n(-c3ccc(Cl)cc3)c2[nH]1. The lowest BCUT2D eigenvalue weighted by molar-refractivity contribution is 0.473. The number of aromatic nitrogens is 2. The van der Waals surface area contributed by atoms with E-state index in [4.69, 9.17) is 11.6 Å². The number of H-pyrrole nitrogens is 1. The molecule has 2 heterocycles. The smallest absolute Gasteiger partial charge is 0.256 e. The van der Waals surface area contributed by atoms with Gasteiger partial charge in [0.15, 0.2) is 0 Å². The van der Waals surface area contributed by atoms with Crippen LogP contribution in [-0.2, 0) is 0 Å². The maximum absolute atomic E-state index is 12.3. The van der Waals surface area contributed by atoms with Crippen molar-refractivity contribution in [1.29, 1.82) is 0 Å². The number of rotatable bonds is 3. The van der Waals surface area contributed by atoms with Gasteiger partial charge in [-0.3, -0.25) is 9.36 Å². The summed E-state index contributed by atoms with van der Waals surface area (Å²) in [5.74, 6) is 0. The Labute approximate surface area is 131 Å². The molecule has 0 fully saturated rings. The van der Waals surface area contributed by atoms with Gasteiger partial charge in [0.2, 0.25) is 0 Å². The topological polar surface area (TPSA) is 70.0 Å². The van der Waals surface area contributed by atoms with Crippen LogP contribution in [0.1, 0.15) is 5.69 Å². The summed E-state index contributed by atoms with van der Waals surface area (Å²) >= 11 is 5.90. The summed E-state index contributed by atoms with van der Waals surface area (Å²) in [6, 6.07) is 12.1. The lowest BCUT2D eigenvalue weighted by Gasteiger charge is -2.07. The number of nitrogens with zero attached hydrogens (tertiary/aromatic N) is 1. The molecule has 0 bridgehead atoms. The van der Waals surface area contributed by atoms with E-state index in [9.17, 15) is 9.90 Å². The zero-order valence-corrected chi connectivity index (χ0v) is 12.6. The van der Waals surface area contributed by atoms with E-state index in [1.807, 2.05) is 6.07 Å². The van der Waals surface area contributed by atoms with Crippen molar-refractivity contribution in [2.24, 2.45) is 0 Å². The Hall–Kier alpha value is -2.66. The minimum absolute atomic E-state index is 0.151. The third-order valence-electron chi connectivity index (χ3n) is 3.45. The zero-order valence-electron chi connectivity index (χ0n) is 11.8. The Balaban J connectivity index is 2.27. The molecule has 0 aliphatic carbocycles. The Morgan fingerprint density at radius 2 is 2.00 bits per heavy atom. The number of hydrogen-bond acceptors (Lipinski definition) is 3. The second-order valence-corrected chi connectivity index (χ2v) is 5.20. The van der Waals surface area contributed by atoms with Crippen LogP contribution in [0.5, 0.6) is 0 Å². The van der Waals surface area contributed by atoms with Crippen LogP contribution in [0.15, 0.2) is 53.5 Å². The van der Waals surface area contributed by atoms with Crippen molar-refractivity contribution < 1.29 is 5.11 Å². The third-order valence-corrected chi connectivity index (χ3v) is 3.70. The van der Waals surface area contributed by atoms with Gasteiger partial charge >= 0.3 is 0 Å². The van der Waals surface area contributed by atoms with Crippen molar-refractivity contribution in [2.45, 2.75) is 0 Å². The first kappa shape index (κ1) is 14.3. The van der Waals surface area contributed by atoms with Crippen LogP contribution >= 0.6 is 11.6 Å². The number of benzene rings is 1. The monoisotopic (exact) mass is 315 g/mol. The van der Waals surface area contributed by atoms with Crippen LogP contribution in [0.2, 0.25) is 5.02 Å². The predicted molar refractivity (Wildman–Crippen MR) is 88.6 cm³/mol. The quantitative estimate of drug-likeness (QED) is 0.651. The molecule has 0 saturated heterocycles. The highest BCUT2D eigenvalue weighted by molar-refractivity contribution is 6.30. The molecule has 0 spiro atoms. The molecule has 0 unspecified atom stereocenters. The molecule has 3 N–H and O–H groups in total. The fourth-order valence-corrected chi connectivity index (χ4v) is 2.50. The van der Waals surface area contributed by atoms with Crippen molar-refractivity contribution in [3.8, 4) is 5.69 Å². The van der Waals surface area contributed by atoms with Crippen molar-refractivity contribution in [1.82, 2.24) is 14.9 Å². The van der Waals surface area contributed by atoms with Crippen LogP contribution < -0.4 is 10.9 Å². The number of aliphatic hydroxyl groups is 1. The van der Waals surface area contributed by atoms with Crippen LogP contribution in [0.4, 0.5) is 0 Å². The highest BCUT2D eigenvalue weighted by atomic mass is 35.5. The highest BCUT2D eigenvalue weighted by Gasteiger charge is 2.11.